The molecule has 0 spiro atoms. The Labute approximate surface area is 128 Å². The van der Waals surface area contributed by atoms with Crippen LogP contribution in [0, 0.1) is 0 Å². The van der Waals surface area contributed by atoms with Gasteiger partial charge in [-0.15, -0.1) is 0 Å². The van der Waals surface area contributed by atoms with Crippen LogP contribution in [0.15, 0.2) is 59.1 Å². The first kappa shape index (κ1) is 14.6. The lowest BCUT2D eigenvalue weighted by Crippen LogP contribution is -2.12. The van der Waals surface area contributed by atoms with Crippen LogP contribution >= 0.6 is 0 Å². The summed E-state index contributed by atoms with van der Waals surface area (Å²) in [6.07, 6.45) is 0.109. The van der Waals surface area contributed by atoms with Gasteiger partial charge in [0.1, 0.15) is 11.4 Å². The van der Waals surface area contributed by atoms with Gasteiger partial charge in [-0.3, -0.25) is 0 Å². The Balaban J connectivity index is 2.06. The highest BCUT2D eigenvalue weighted by Gasteiger charge is 2.29. The fourth-order valence-electron chi connectivity index (χ4n) is 2.39. The number of benzene rings is 2. The topological polar surface area (TPSA) is 95.4 Å². The van der Waals surface area contributed by atoms with E-state index in [-0.39, 0.29) is 6.10 Å². The molecule has 3 rings (SSSR count). The smallest absolute Gasteiger partial charge is 0.246 e. The SMILES string of the molecule is [N-]=[N+]=NS(=O)(=O)C(c1ccccc1)c1ccc(C2CO2)cc1. The third-order valence-electron chi connectivity index (χ3n) is 3.49. The summed E-state index contributed by atoms with van der Waals surface area (Å²) in [7, 11) is -4.02. The summed E-state index contributed by atoms with van der Waals surface area (Å²) >= 11 is 0. The molecule has 6 nitrogen and oxygen atoms in total. The van der Waals surface area contributed by atoms with Crippen LogP contribution in [0.5, 0.6) is 0 Å². The van der Waals surface area contributed by atoms with E-state index in [4.69, 9.17) is 10.3 Å². The van der Waals surface area contributed by atoms with Crippen molar-refractivity contribution in [1.82, 2.24) is 0 Å². The summed E-state index contributed by atoms with van der Waals surface area (Å²) in [6.45, 7) is 0.693. The lowest BCUT2D eigenvalue weighted by Gasteiger charge is -2.15. The molecule has 112 valence electrons. The molecule has 1 heterocycles. The molecule has 2 unspecified atom stereocenters. The van der Waals surface area contributed by atoms with Crippen molar-refractivity contribution >= 4 is 10.0 Å². The molecule has 2 atom stereocenters. The summed E-state index contributed by atoms with van der Waals surface area (Å²) in [5.74, 6) is 0. The summed E-state index contributed by atoms with van der Waals surface area (Å²) in [6, 6.07) is 15.9. The fourth-order valence-corrected chi connectivity index (χ4v) is 3.59. The fraction of sp³-hybridized carbons (Fsp3) is 0.200. The number of hydrogen-bond donors (Lipinski definition) is 0. The molecule has 0 radical (unpaired) electrons. The lowest BCUT2D eigenvalue weighted by atomic mass is 10.0. The maximum absolute atomic E-state index is 12.3. The normalized spacial score (nSPS) is 18.3. The molecule has 0 aliphatic carbocycles. The average Bonchev–Trinajstić information content (AvgIpc) is 3.34. The molecule has 22 heavy (non-hydrogen) atoms. The van der Waals surface area contributed by atoms with Crippen molar-refractivity contribution < 1.29 is 13.2 Å². The monoisotopic (exact) mass is 315 g/mol. The van der Waals surface area contributed by atoms with Gasteiger partial charge in [-0.25, -0.2) is 8.42 Å². The van der Waals surface area contributed by atoms with Gasteiger partial charge >= 0.3 is 0 Å². The predicted molar refractivity (Wildman–Crippen MR) is 81.5 cm³/mol. The van der Waals surface area contributed by atoms with Gasteiger partial charge in [-0.2, -0.15) is 0 Å². The minimum absolute atomic E-state index is 0.109. The summed E-state index contributed by atoms with van der Waals surface area (Å²) in [5.41, 5.74) is 10.7. The molecule has 0 saturated carbocycles. The number of ether oxygens (including phenoxy) is 1. The first-order valence-electron chi connectivity index (χ1n) is 6.68. The number of sulfonamides is 1. The van der Waals surface area contributed by atoms with E-state index < -0.39 is 15.3 Å². The zero-order valence-electron chi connectivity index (χ0n) is 11.5. The molecule has 0 amide bonds. The zero-order valence-corrected chi connectivity index (χ0v) is 12.3. The quantitative estimate of drug-likeness (QED) is 0.365. The van der Waals surface area contributed by atoms with E-state index in [0.29, 0.717) is 17.7 Å². The van der Waals surface area contributed by atoms with Crippen LogP contribution in [-0.4, -0.2) is 15.0 Å². The van der Waals surface area contributed by atoms with Crippen LogP contribution in [0.3, 0.4) is 0 Å². The predicted octanol–water partition coefficient (Wildman–Crippen LogP) is 3.49. The molecule has 1 aliphatic heterocycles. The molecule has 0 N–H and O–H groups in total. The number of rotatable bonds is 5. The van der Waals surface area contributed by atoms with Crippen molar-refractivity contribution in [2.45, 2.75) is 11.4 Å². The van der Waals surface area contributed by atoms with Crippen LogP contribution in [0.4, 0.5) is 0 Å². The van der Waals surface area contributed by atoms with Gasteiger partial charge in [0, 0.05) is 9.43 Å². The second-order valence-electron chi connectivity index (χ2n) is 4.97. The van der Waals surface area contributed by atoms with Gasteiger partial charge in [-0.1, -0.05) is 54.6 Å². The highest BCUT2D eigenvalue weighted by molar-refractivity contribution is 7.90. The van der Waals surface area contributed by atoms with Crippen molar-refractivity contribution in [1.29, 1.82) is 0 Å². The second-order valence-corrected chi connectivity index (χ2v) is 6.63. The molecule has 1 saturated heterocycles. The Morgan fingerprint density at radius 1 is 1.09 bits per heavy atom. The molecular formula is C15H13N3O3S. The second kappa shape index (κ2) is 5.81. The molecule has 2 aromatic rings. The van der Waals surface area contributed by atoms with Gasteiger partial charge in [0.05, 0.1) is 6.61 Å². The Morgan fingerprint density at radius 3 is 2.23 bits per heavy atom. The van der Waals surface area contributed by atoms with Crippen molar-refractivity contribution in [2.75, 3.05) is 6.61 Å². The summed E-state index contributed by atoms with van der Waals surface area (Å²) in [5, 5.41) is -1.02. The van der Waals surface area contributed by atoms with Crippen LogP contribution < -0.4 is 0 Å². The van der Waals surface area contributed by atoms with Crippen LogP contribution in [0.1, 0.15) is 28.0 Å². The van der Waals surface area contributed by atoms with Crippen molar-refractivity contribution in [3.63, 3.8) is 0 Å². The minimum atomic E-state index is -4.02. The minimum Gasteiger partial charge on any atom is -0.368 e. The zero-order chi connectivity index (χ0) is 15.6. The summed E-state index contributed by atoms with van der Waals surface area (Å²) < 4.78 is 32.8. The van der Waals surface area contributed by atoms with Crippen LogP contribution in [0.2, 0.25) is 0 Å². The maximum Gasteiger partial charge on any atom is 0.246 e. The van der Waals surface area contributed by atoms with E-state index in [1.54, 1.807) is 42.5 Å². The number of hydrogen-bond acceptors (Lipinski definition) is 3. The van der Waals surface area contributed by atoms with Crippen molar-refractivity contribution in [3.8, 4) is 0 Å². The molecule has 0 bridgehead atoms. The van der Waals surface area contributed by atoms with Gasteiger partial charge in [0.25, 0.3) is 0 Å². The molecule has 1 fully saturated rings. The Hall–Kier alpha value is -2.34. The van der Waals surface area contributed by atoms with Gasteiger partial charge in [0.15, 0.2) is 0 Å². The van der Waals surface area contributed by atoms with Crippen LogP contribution in [0.25, 0.3) is 10.4 Å². The highest BCUT2D eigenvalue weighted by atomic mass is 32.2. The van der Waals surface area contributed by atoms with E-state index in [1.807, 2.05) is 12.1 Å². The van der Waals surface area contributed by atoms with Gasteiger partial charge in [-0.05, 0) is 22.2 Å². The maximum atomic E-state index is 12.3. The molecule has 7 heteroatoms. The Bertz CT molecular complexity index is 809. The van der Waals surface area contributed by atoms with Crippen molar-refractivity contribution in [2.24, 2.45) is 4.52 Å². The number of nitrogens with zero attached hydrogens (tertiary/aromatic N) is 3. The third kappa shape index (κ3) is 2.96. The first-order valence-corrected chi connectivity index (χ1v) is 8.19. The number of epoxide rings is 1. The van der Waals surface area contributed by atoms with E-state index in [1.165, 1.54) is 0 Å². The van der Waals surface area contributed by atoms with Gasteiger partial charge in [0.2, 0.25) is 10.0 Å². The molecule has 2 aromatic carbocycles. The number of azide groups is 1. The van der Waals surface area contributed by atoms with Crippen LogP contribution in [-0.2, 0) is 14.8 Å². The lowest BCUT2D eigenvalue weighted by molar-refractivity contribution is 0.415. The van der Waals surface area contributed by atoms with Gasteiger partial charge < -0.3 is 4.74 Å². The highest BCUT2D eigenvalue weighted by Crippen LogP contribution is 2.34. The Kier molecular flexibility index (Phi) is 3.85. The Morgan fingerprint density at radius 2 is 1.68 bits per heavy atom. The first-order chi connectivity index (χ1) is 10.6. The molecular weight excluding hydrogens is 302 g/mol. The standard InChI is InChI=1S/C15H13N3O3S/c16-17-18-22(19,20)15(12-4-2-1-3-5-12)13-8-6-11(7-9-13)14-10-21-14/h1-9,14-15H,10H2. The third-order valence-corrected chi connectivity index (χ3v) is 4.94. The molecule has 1 aliphatic rings. The van der Waals surface area contributed by atoms with E-state index in [2.05, 4.69) is 9.43 Å². The van der Waals surface area contributed by atoms with E-state index in [0.717, 1.165) is 5.56 Å². The molecule has 0 aromatic heterocycles. The van der Waals surface area contributed by atoms with E-state index >= 15 is 0 Å². The van der Waals surface area contributed by atoms with Crippen molar-refractivity contribution in [3.05, 3.63) is 81.7 Å². The summed E-state index contributed by atoms with van der Waals surface area (Å²) in [4.78, 5) is 2.45. The van der Waals surface area contributed by atoms with E-state index in [9.17, 15) is 8.42 Å². The largest absolute Gasteiger partial charge is 0.368 e. The average molecular weight is 315 g/mol.